The fourth-order valence-electron chi connectivity index (χ4n) is 3.88. The molecule has 0 amide bonds. The normalized spacial score (nSPS) is 15.7. The van der Waals surface area contributed by atoms with Crippen LogP contribution in [0.4, 0.5) is 0 Å². The van der Waals surface area contributed by atoms with Gasteiger partial charge in [-0.2, -0.15) is 0 Å². The van der Waals surface area contributed by atoms with Gasteiger partial charge in [0.25, 0.3) is 0 Å². The molecule has 0 spiro atoms. The van der Waals surface area contributed by atoms with Crippen LogP contribution in [0.2, 0.25) is 0 Å². The van der Waals surface area contributed by atoms with Crippen molar-refractivity contribution in [2.45, 2.75) is 56.4 Å². The fraction of sp³-hybridized carbons (Fsp3) is 0.364. The van der Waals surface area contributed by atoms with Gasteiger partial charge in [0.2, 0.25) is 0 Å². The fourth-order valence-corrected chi connectivity index (χ4v) is 4.69. The van der Waals surface area contributed by atoms with Gasteiger partial charge in [0.15, 0.2) is 0 Å². The molecule has 0 bridgehead atoms. The van der Waals surface area contributed by atoms with E-state index in [1.54, 1.807) is 11.9 Å². The van der Waals surface area contributed by atoms with E-state index in [-0.39, 0.29) is 0 Å². The summed E-state index contributed by atoms with van der Waals surface area (Å²) in [5.41, 5.74) is 5.18. The van der Waals surface area contributed by atoms with Gasteiger partial charge in [-0.1, -0.05) is 56.5 Å². The summed E-state index contributed by atoms with van der Waals surface area (Å²) >= 11 is 1.79. The average Bonchev–Trinajstić information content (AvgIpc) is 3.06. The molecule has 2 nitrogen and oxygen atoms in total. The summed E-state index contributed by atoms with van der Waals surface area (Å²) in [5, 5.41) is 1.34. The molecule has 1 saturated carbocycles. The highest BCUT2D eigenvalue weighted by atomic mass is 32.2. The smallest absolute Gasteiger partial charge is 0.0497 e. The number of benzene rings is 2. The van der Waals surface area contributed by atoms with Gasteiger partial charge in [-0.3, -0.25) is 4.72 Å². The third-order valence-electron chi connectivity index (χ3n) is 5.26. The quantitative estimate of drug-likeness (QED) is 0.526. The zero-order chi connectivity index (χ0) is 17.1. The third-order valence-corrected chi connectivity index (χ3v) is 6.22. The van der Waals surface area contributed by atoms with Crippen molar-refractivity contribution in [1.82, 2.24) is 9.71 Å². The van der Waals surface area contributed by atoms with E-state index in [9.17, 15) is 0 Å². The summed E-state index contributed by atoms with van der Waals surface area (Å²) in [6.45, 7) is 2.23. The Morgan fingerprint density at radius 3 is 2.52 bits per heavy atom. The van der Waals surface area contributed by atoms with Gasteiger partial charge in [-0.05, 0) is 60.5 Å². The number of nitrogens with one attached hydrogen (secondary N) is 2. The van der Waals surface area contributed by atoms with Crippen LogP contribution in [0.1, 0.15) is 44.6 Å². The maximum Gasteiger partial charge on any atom is 0.0497 e. The zero-order valence-corrected chi connectivity index (χ0v) is 15.7. The van der Waals surface area contributed by atoms with Gasteiger partial charge >= 0.3 is 0 Å². The molecule has 1 aromatic heterocycles. The van der Waals surface area contributed by atoms with Crippen LogP contribution in [0, 0.1) is 0 Å². The number of fused-ring (bicyclic) bond motifs is 1. The molecule has 3 aromatic rings. The Labute approximate surface area is 154 Å². The van der Waals surface area contributed by atoms with Crippen molar-refractivity contribution < 1.29 is 0 Å². The lowest BCUT2D eigenvalue weighted by Gasteiger charge is -2.22. The average molecular weight is 351 g/mol. The minimum absolute atomic E-state index is 0.679. The number of rotatable bonds is 5. The molecule has 1 heterocycles. The van der Waals surface area contributed by atoms with Crippen LogP contribution in [0.15, 0.2) is 53.4 Å². The van der Waals surface area contributed by atoms with Gasteiger partial charge in [0, 0.05) is 27.5 Å². The van der Waals surface area contributed by atoms with E-state index >= 15 is 0 Å². The van der Waals surface area contributed by atoms with E-state index < -0.39 is 0 Å². The van der Waals surface area contributed by atoms with Crippen LogP contribution in [-0.4, -0.2) is 11.0 Å². The highest BCUT2D eigenvalue weighted by Gasteiger charge is 2.14. The number of aromatic amines is 1. The summed E-state index contributed by atoms with van der Waals surface area (Å²) in [5.74, 6) is 0. The number of aryl methyl sites for hydroxylation is 1. The van der Waals surface area contributed by atoms with Gasteiger partial charge in [0.05, 0.1) is 0 Å². The lowest BCUT2D eigenvalue weighted by atomic mass is 9.96. The largest absolute Gasteiger partial charge is 0.354 e. The van der Waals surface area contributed by atoms with E-state index in [1.165, 1.54) is 64.7 Å². The Morgan fingerprint density at radius 1 is 1.00 bits per heavy atom. The molecule has 0 aliphatic heterocycles. The van der Waals surface area contributed by atoms with Crippen molar-refractivity contribution >= 4 is 22.9 Å². The molecular formula is C22H26N2S. The molecule has 2 aromatic carbocycles. The van der Waals surface area contributed by atoms with Crippen molar-refractivity contribution in [2.24, 2.45) is 0 Å². The molecular weight excluding hydrogens is 324 g/mol. The highest BCUT2D eigenvalue weighted by Crippen LogP contribution is 2.32. The van der Waals surface area contributed by atoms with E-state index in [1.807, 2.05) is 0 Å². The molecule has 0 atom stereocenters. The topological polar surface area (TPSA) is 27.8 Å². The minimum Gasteiger partial charge on any atom is -0.354 e. The second-order valence-electron chi connectivity index (χ2n) is 6.96. The number of H-pyrrole nitrogens is 1. The Kier molecular flexibility index (Phi) is 5.14. The molecule has 3 heteroatoms. The molecule has 0 saturated heterocycles. The molecule has 130 valence electrons. The standard InChI is InChI=1S/C22H26N2S/c1-2-19-20-10-6-7-11-21(20)23-22(19)16-12-14-18(15-13-16)25-24-17-8-4-3-5-9-17/h6-7,10-15,17,23-24H,2-5,8-9H2,1H3. The lowest BCUT2D eigenvalue weighted by Crippen LogP contribution is -2.25. The SMILES string of the molecule is CCc1c(-c2ccc(SNC3CCCCC3)cc2)[nH]c2ccccc12. The first kappa shape index (κ1) is 16.7. The highest BCUT2D eigenvalue weighted by molar-refractivity contribution is 7.97. The van der Waals surface area contributed by atoms with Crippen LogP contribution >= 0.6 is 11.9 Å². The molecule has 4 rings (SSSR count). The molecule has 1 aliphatic rings. The van der Waals surface area contributed by atoms with Crippen LogP contribution in [0.3, 0.4) is 0 Å². The van der Waals surface area contributed by atoms with Crippen LogP contribution < -0.4 is 4.72 Å². The Bertz CT molecular complexity index is 829. The second kappa shape index (κ2) is 7.67. The Morgan fingerprint density at radius 2 is 1.76 bits per heavy atom. The summed E-state index contributed by atoms with van der Waals surface area (Å²) in [6, 6.07) is 18.2. The first-order chi connectivity index (χ1) is 12.3. The predicted molar refractivity (Wildman–Crippen MR) is 109 cm³/mol. The van der Waals surface area contributed by atoms with Crippen molar-refractivity contribution in [2.75, 3.05) is 0 Å². The van der Waals surface area contributed by atoms with Crippen LogP contribution in [0.25, 0.3) is 22.2 Å². The minimum atomic E-state index is 0.679. The van der Waals surface area contributed by atoms with Gasteiger partial charge in [-0.25, -0.2) is 0 Å². The number of aromatic nitrogens is 1. The van der Waals surface area contributed by atoms with Gasteiger partial charge in [-0.15, -0.1) is 0 Å². The maximum absolute atomic E-state index is 3.65. The maximum atomic E-state index is 3.65. The molecule has 0 radical (unpaired) electrons. The lowest BCUT2D eigenvalue weighted by molar-refractivity contribution is 0.423. The van der Waals surface area contributed by atoms with Crippen molar-refractivity contribution in [3.8, 4) is 11.3 Å². The van der Waals surface area contributed by atoms with Crippen molar-refractivity contribution in [3.05, 3.63) is 54.1 Å². The molecule has 1 aliphatic carbocycles. The summed E-state index contributed by atoms with van der Waals surface area (Å²) in [6.07, 6.45) is 7.83. The van der Waals surface area contributed by atoms with E-state index in [0.717, 1.165) is 6.42 Å². The van der Waals surface area contributed by atoms with Crippen molar-refractivity contribution in [3.63, 3.8) is 0 Å². The first-order valence-electron chi connectivity index (χ1n) is 9.47. The third kappa shape index (κ3) is 3.63. The summed E-state index contributed by atoms with van der Waals surface area (Å²) in [7, 11) is 0. The van der Waals surface area contributed by atoms with Crippen molar-refractivity contribution in [1.29, 1.82) is 0 Å². The van der Waals surface area contributed by atoms with Crippen LogP contribution in [0.5, 0.6) is 0 Å². The molecule has 25 heavy (non-hydrogen) atoms. The van der Waals surface area contributed by atoms with E-state index in [2.05, 4.69) is 65.2 Å². The van der Waals surface area contributed by atoms with Gasteiger partial charge in [0.1, 0.15) is 0 Å². The number of hydrogen-bond donors (Lipinski definition) is 2. The Hall–Kier alpha value is -1.71. The van der Waals surface area contributed by atoms with E-state index in [4.69, 9.17) is 0 Å². The second-order valence-corrected chi connectivity index (χ2v) is 7.87. The van der Waals surface area contributed by atoms with Crippen LogP contribution in [-0.2, 0) is 6.42 Å². The number of para-hydroxylation sites is 1. The molecule has 1 fully saturated rings. The first-order valence-corrected chi connectivity index (χ1v) is 10.3. The monoisotopic (exact) mass is 350 g/mol. The Balaban J connectivity index is 1.52. The summed E-state index contributed by atoms with van der Waals surface area (Å²) in [4.78, 5) is 4.91. The molecule has 2 N–H and O–H groups in total. The predicted octanol–water partition coefficient (Wildman–Crippen LogP) is 6.33. The number of hydrogen-bond acceptors (Lipinski definition) is 2. The van der Waals surface area contributed by atoms with E-state index in [0.29, 0.717) is 6.04 Å². The van der Waals surface area contributed by atoms with Gasteiger partial charge < -0.3 is 4.98 Å². The zero-order valence-electron chi connectivity index (χ0n) is 14.8. The molecule has 0 unspecified atom stereocenters. The summed E-state index contributed by atoms with van der Waals surface area (Å²) < 4.78 is 3.65.